The molecular formula is C28H41N5O4. The van der Waals surface area contributed by atoms with Gasteiger partial charge in [0.15, 0.2) is 5.82 Å². The van der Waals surface area contributed by atoms with E-state index in [1.54, 1.807) is 7.05 Å². The van der Waals surface area contributed by atoms with Crippen molar-refractivity contribution in [2.45, 2.75) is 57.1 Å². The van der Waals surface area contributed by atoms with Gasteiger partial charge in [-0.05, 0) is 50.8 Å². The topological polar surface area (TPSA) is 109 Å². The third-order valence-corrected chi connectivity index (χ3v) is 7.30. The maximum Gasteiger partial charge on any atom is 0.270 e. The first-order valence-corrected chi connectivity index (χ1v) is 13.6. The highest BCUT2D eigenvalue weighted by Crippen LogP contribution is 2.28. The normalized spacial score (nSPS) is 17.8. The van der Waals surface area contributed by atoms with Crippen molar-refractivity contribution < 1.29 is 19.4 Å². The number of nitrogens with one attached hydrogen (secondary N) is 2. The molecule has 1 aromatic heterocycles. The Morgan fingerprint density at radius 3 is 2.70 bits per heavy atom. The van der Waals surface area contributed by atoms with Crippen molar-refractivity contribution in [1.82, 2.24) is 20.6 Å². The standard InChI is InChI=1S/C28H41N5O4/c1-29-18-23(34)19-37-24-10-6-7-21(15-24)27-31-25(28(35)30-17-20-11-13-36-14-12-20)16-26(32-27)33(2)22-8-4-3-5-9-22/h6-7,10,15-16,20,22-23,29,34H,3-5,8-9,11-14,17-19H2,1-2H3,(H,30,35). The first-order valence-electron chi connectivity index (χ1n) is 13.6. The van der Waals surface area contributed by atoms with E-state index in [2.05, 4.69) is 27.6 Å². The van der Waals surface area contributed by atoms with Crippen molar-refractivity contribution >= 4 is 11.7 Å². The van der Waals surface area contributed by atoms with Crippen LogP contribution in [0, 0.1) is 5.92 Å². The van der Waals surface area contributed by atoms with Gasteiger partial charge in [-0.1, -0.05) is 31.4 Å². The number of hydrogen-bond acceptors (Lipinski definition) is 8. The smallest absolute Gasteiger partial charge is 0.270 e. The summed E-state index contributed by atoms with van der Waals surface area (Å²) in [6, 6.07) is 9.70. The van der Waals surface area contributed by atoms with E-state index in [-0.39, 0.29) is 12.5 Å². The van der Waals surface area contributed by atoms with Crippen molar-refractivity contribution in [3.63, 3.8) is 0 Å². The first kappa shape index (κ1) is 27.3. The van der Waals surface area contributed by atoms with E-state index in [0.29, 0.717) is 42.3 Å². The number of carbonyl (C=O) groups excluding carboxylic acids is 1. The molecule has 0 bridgehead atoms. The number of rotatable bonds is 11. The van der Waals surface area contributed by atoms with Crippen LogP contribution in [0.1, 0.15) is 55.4 Å². The molecule has 2 aliphatic rings. The van der Waals surface area contributed by atoms with Crippen LogP contribution >= 0.6 is 0 Å². The molecule has 1 aliphatic carbocycles. The number of hydrogen-bond donors (Lipinski definition) is 3. The number of likely N-dealkylation sites (N-methyl/N-ethyl adjacent to an activating group) is 1. The number of aliphatic hydroxyl groups excluding tert-OH is 1. The van der Waals surface area contributed by atoms with E-state index in [0.717, 1.165) is 50.3 Å². The van der Waals surface area contributed by atoms with Gasteiger partial charge in [0.05, 0.1) is 0 Å². The molecule has 2 heterocycles. The zero-order valence-electron chi connectivity index (χ0n) is 22.1. The summed E-state index contributed by atoms with van der Waals surface area (Å²) in [6.07, 6.45) is 7.26. The molecule has 0 spiro atoms. The zero-order valence-corrected chi connectivity index (χ0v) is 22.1. The summed E-state index contributed by atoms with van der Waals surface area (Å²) in [5, 5.41) is 16.0. The van der Waals surface area contributed by atoms with Crippen molar-refractivity contribution in [1.29, 1.82) is 0 Å². The van der Waals surface area contributed by atoms with E-state index in [1.807, 2.05) is 30.3 Å². The van der Waals surface area contributed by atoms with Crippen LogP contribution in [0.4, 0.5) is 5.82 Å². The molecule has 4 rings (SSSR count). The summed E-state index contributed by atoms with van der Waals surface area (Å²) in [4.78, 5) is 25.0. The fraction of sp³-hybridized carbons (Fsp3) is 0.607. The van der Waals surface area contributed by atoms with Gasteiger partial charge in [-0.2, -0.15) is 0 Å². The number of carbonyl (C=O) groups is 1. The van der Waals surface area contributed by atoms with Crippen LogP contribution in [0.15, 0.2) is 30.3 Å². The Hall–Kier alpha value is -2.75. The van der Waals surface area contributed by atoms with Crippen molar-refractivity contribution in [3.05, 3.63) is 36.0 Å². The highest BCUT2D eigenvalue weighted by molar-refractivity contribution is 5.93. The van der Waals surface area contributed by atoms with Gasteiger partial charge in [0.1, 0.15) is 30.0 Å². The maximum absolute atomic E-state index is 13.2. The molecule has 9 heteroatoms. The molecule has 3 N–H and O–H groups in total. The zero-order chi connectivity index (χ0) is 26.0. The minimum atomic E-state index is -0.608. The van der Waals surface area contributed by atoms with Gasteiger partial charge in [0.25, 0.3) is 5.91 Å². The molecule has 9 nitrogen and oxygen atoms in total. The number of aliphatic hydroxyl groups is 1. The van der Waals surface area contributed by atoms with Crippen LogP contribution in [-0.4, -0.2) is 80.1 Å². The quantitative estimate of drug-likeness (QED) is 0.423. The van der Waals surface area contributed by atoms with Gasteiger partial charge in [-0.3, -0.25) is 4.79 Å². The Balaban J connectivity index is 1.57. The summed E-state index contributed by atoms with van der Waals surface area (Å²) in [7, 11) is 3.85. The molecule has 2 fully saturated rings. The van der Waals surface area contributed by atoms with Crippen LogP contribution < -0.4 is 20.3 Å². The SMILES string of the molecule is CNCC(O)COc1cccc(-c2nc(C(=O)NCC3CCOCC3)cc(N(C)C3CCCCC3)n2)c1. The van der Waals surface area contributed by atoms with Crippen molar-refractivity contribution in [2.24, 2.45) is 5.92 Å². The molecule has 202 valence electrons. The molecular weight excluding hydrogens is 470 g/mol. The predicted octanol–water partition coefficient (Wildman–Crippen LogP) is 3.03. The van der Waals surface area contributed by atoms with Crippen LogP contribution in [0.2, 0.25) is 0 Å². The third kappa shape index (κ3) is 7.87. The van der Waals surface area contributed by atoms with Crippen molar-refractivity contribution in [3.8, 4) is 17.1 Å². The lowest BCUT2D eigenvalue weighted by Gasteiger charge is -2.32. The highest BCUT2D eigenvalue weighted by Gasteiger charge is 2.23. The summed E-state index contributed by atoms with van der Waals surface area (Å²) in [5.74, 6) is 2.10. The number of anilines is 1. The van der Waals surface area contributed by atoms with Gasteiger partial charge >= 0.3 is 0 Å². The van der Waals surface area contributed by atoms with E-state index >= 15 is 0 Å². The van der Waals surface area contributed by atoms with Gasteiger partial charge in [-0.25, -0.2) is 9.97 Å². The first-order chi connectivity index (χ1) is 18.0. The van der Waals surface area contributed by atoms with Gasteiger partial charge in [-0.15, -0.1) is 0 Å². The molecule has 1 amide bonds. The second kappa shape index (κ2) is 13.7. The summed E-state index contributed by atoms with van der Waals surface area (Å²) >= 11 is 0. The fourth-order valence-electron chi connectivity index (χ4n) is 5.01. The molecule has 0 radical (unpaired) electrons. The lowest BCUT2D eigenvalue weighted by Crippen LogP contribution is -2.35. The fourth-order valence-corrected chi connectivity index (χ4v) is 5.01. The lowest BCUT2D eigenvalue weighted by atomic mass is 9.94. The van der Waals surface area contributed by atoms with E-state index < -0.39 is 6.10 Å². The largest absolute Gasteiger partial charge is 0.491 e. The Bertz CT molecular complexity index is 1010. The Kier molecular flexibility index (Phi) is 10.1. The third-order valence-electron chi connectivity index (χ3n) is 7.30. The van der Waals surface area contributed by atoms with Gasteiger partial charge < -0.3 is 30.1 Å². The molecule has 1 saturated heterocycles. The van der Waals surface area contributed by atoms with E-state index in [4.69, 9.17) is 14.5 Å². The molecule has 1 aliphatic heterocycles. The second-order valence-corrected chi connectivity index (χ2v) is 10.2. The number of benzene rings is 1. The molecule has 1 aromatic carbocycles. The molecule has 1 unspecified atom stereocenters. The Morgan fingerprint density at radius 2 is 1.95 bits per heavy atom. The molecule has 37 heavy (non-hydrogen) atoms. The predicted molar refractivity (Wildman–Crippen MR) is 144 cm³/mol. The van der Waals surface area contributed by atoms with Crippen LogP contribution in [0.25, 0.3) is 11.4 Å². The monoisotopic (exact) mass is 511 g/mol. The molecule has 1 atom stereocenters. The van der Waals surface area contributed by atoms with Crippen LogP contribution in [-0.2, 0) is 4.74 Å². The average molecular weight is 512 g/mol. The number of amides is 1. The second-order valence-electron chi connectivity index (χ2n) is 10.2. The molecule has 2 aromatic rings. The summed E-state index contributed by atoms with van der Waals surface area (Å²) in [5.41, 5.74) is 1.13. The Labute approximate surface area is 220 Å². The van der Waals surface area contributed by atoms with E-state index in [1.165, 1.54) is 19.3 Å². The number of nitrogens with zero attached hydrogens (tertiary/aromatic N) is 3. The van der Waals surface area contributed by atoms with Crippen LogP contribution in [0.3, 0.4) is 0 Å². The number of aromatic nitrogens is 2. The van der Waals surface area contributed by atoms with E-state index in [9.17, 15) is 9.90 Å². The summed E-state index contributed by atoms with van der Waals surface area (Å²) in [6.45, 7) is 2.74. The van der Waals surface area contributed by atoms with Gasteiger partial charge in [0, 0.05) is 51.0 Å². The average Bonchev–Trinajstić information content (AvgIpc) is 2.95. The van der Waals surface area contributed by atoms with Gasteiger partial charge in [0.2, 0.25) is 0 Å². The minimum Gasteiger partial charge on any atom is -0.491 e. The maximum atomic E-state index is 13.2. The Morgan fingerprint density at radius 1 is 1.16 bits per heavy atom. The highest BCUT2D eigenvalue weighted by atomic mass is 16.5. The number of ether oxygens (including phenoxy) is 2. The summed E-state index contributed by atoms with van der Waals surface area (Å²) < 4.78 is 11.2. The minimum absolute atomic E-state index is 0.176. The van der Waals surface area contributed by atoms with Crippen LogP contribution in [0.5, 0.6) is 5.75 Å². The molecule has 1 saturated carbocycles. The lowest BCUT2D eigenvalue weighted by molar-refractivity contribution is 0.0642. The van der Waals surface area contributed by atoms with Crippen molar-refractivity contribution in [2.75, 3.05) is 51.9 Å².